The molecule has 2 rings (SSSR count). The van der Waals surface area contributed by atoms with Crippen molar-refractivity contribution in [1.29, 1.82) is 0 Å². The van der Waals surface area contributed by atoms with Gasteiger partial charge in [-0.15, -0.1) is 12.4 Å². The molecule has 0 bridgehead atoms. The second-order valence-corrected chi connectivity index (χ2v) is 4.41. The molecule has 1 unspecified atom stereocenters. The number of benzene rings is 1. The number of hydrogen-bond acceptors (Lipinski definition) is 4. The minimum Gasteiger partial charge on any atom is -0.494 e. The maximum Gasteiger partial charge on any atom is 0.492 e. The Bertz CT molecular complexity index is 407. The Labute approximate surface area is 115 Å². The van der Waals surface area contributed by atoms with E-state index in [0.717, 1.165) is 15.5 Å². The Morgan fingerprint density at radius 1 is 1.59 bits per heavy atom. The molecule has 0 aromatic heterocycles. The van der Waals surface area contributed by atoms with Crippen molar-refractivity contribution in [3.63, 3.8) is 0 Å². The fourth-order valence-corrected chi connectivity index (χ4v) is 2.59. The van der Waals surface area contributed by atoms with Crippen molar-refractivity contribution in [2.24, 2.45) is 5.73 Å². The van der Waals surface area contributed by atoms with Crippen molar-refractivity contribution in [3.05, 3.63) is 22.2 Å². The van der Waals surface area contributed by atoms with Crippen molar-refractivity contribution >= 4 is 40.9 Å². The van der Waals surface area contributed by atoms with Gasteiger partial charge in [-0.25, -0.2) is 0 Å². The van der Waals surface area contributed by atoms with Gasteiger partial charge in [-0.3, -0.25) is 0 Å². The zero-order valence-electron chi connectivity index (χ0n) is 9.35. The van der Waals surface area contributed by atoms with Crippen molar-refractivity contribution in [1.82, 2.24) is 0 Å². The molecule has 1 aliphatic heterocycles. The van der Waals surface area contributed by atoms with Gasteiger partial charge < -0.3 is 20.1 Å². The third-order valence-corrected chi connectivity index (χ3v) is 3.20. The number of nitrogens with two attached hydrogens (primary N) is 1. The summed E-state index contributed by atoms with van der Waals surface area (Å²) in [4.78, 5) is 0. The first-order valence-electron chi connectivity index (χ1n) is 5.17. The van der Waals surface area contributed by atoms with Crippen molar-refractivity contribution < 1.29 is 14.4 Å². The molecule has 3 N–H and O–H groups in total. The zero-order chi connectivity index (χ0) is 11.7. The van der Waals surface area contributed by atoms with Gasteiger partial charge in [0, 0.05) is 11.0 Å². The van der Waals surface area contributed by atoms with Gasteiger partial charge in [0.1, 0.15) is 5.75 Å². The standard InChI is InChI=1S/C10H13BBrNO3.ClH/c1-2-15-6-3-7-10(8(12)4-6)9(5-13)16-11(7)14;/h3-4,9,14H,2,5,13H2,1H3;1H. The van der Waals surface area contributed by atoms with Crippen LogP contribution in [0, 0.1) is 0 Å². The summed E-state index contributed by atoms with van der Waals surface area (Å²) in [5.74, 6) is 0.716. The minimum absolute atomic E-state index is 0. The Morgan fingerprint density at radius 3 is 2.88 bits per heavy atom. The summed E-state index contributed by atoms with van der Waals surface area (Å²) < 4.78 is 11.6. The summed E-state index contributed by atoms with van der Waals surface area (Å²) in [5.41, 5.74) is 7.23. The summed E-state index contributed by atoms with van der Waals surface area (Å²) in [6, 6.07) is 3.66. The highest BCUT2D eigenvalue weighted by molar-refractivity contribution is 9.10. The average Bonchev–Trinajstić information content (AvgIpc) is 2.57. The Kier molecular flexibility index (Phi) is 5.28. The molecule has 1 atom stereocenters. The molecule has 7 heteroatoms. The molecule has 94 valence electrons. The number of rotatable bonds is 3. The number of halogens is 2. The Hall–Kier alpha value is -0.265. The van der Waals surface area contributed by atoms with Crippen LogP contribution in [0.5, 0.6) is 5.75 Å². The van der Waals surface area contributed by atoms with Crippen LogP contribution in [0.25, 0.3) is 0 Å². The molecular formula is C10H14BBrClNO3. The van der Waals surface area contributed by atoms with E-state index in [1.54, 1.807) is 6.07 Å². The molecule has 0 amide bonds. The third-order valence-electron chi connectivity index (χ3n) is 2.54. The number of ether oxygens (including phenoxy) is 1. The SMILES string of the molecule is CCOc1cc(Br)c2c(c1)B(O)OC2CN.Cl. The summed E-state index contributed by atoms with van der Waals surface area (Å²) in [7, 11) is -0.916. The lowest BCUT2D eigenvalue weighted by Crippen LogP contribution is -2.28. The molecule has 0 saturated heterocycles. The van der Waals surface area contributed by atoms with Gasteiger partial charge in [0.2, 0.25) is 0 Å². The Balaban J connectivity index is 0.00000144. The summed E-state index contributed by atoms with van der Waals surface area (Å²) in [6.07, 6.45) is -0.255. The largest absolute Gasteiger partial charge is 0.494 e. The van der Waals surface area contributed by atoms with Crippen LogP contribution in [0.3, 0.4) is 0 Å². The zero-order valence-corrected chi connectivity index (χ0v) is 11.8. The fourth-order valence-electron chi connectivity index (χ4n) is 1.88. The van der Waals surface area contributed by atoms with Crippen LogP contribution in [-0.2, 0) is 4.65 Å². The van der Waals surface area contributed by atoms with E-state index in [-0.39, 0.29) is 18.5 Å². The van der Waals surface area contributed by atoms with Gasteiger partial charge in [-0.05, 0) is 30.1 Å². The van der Waals surface area contributed by atoms with Gasteiger partial charge in [0.15, 0.2) is 0 Å². The van der Waals surface area contributed by atoms with Crippen LogP contribution in [0.1, 0.15) is 18.6 Å². The predicted octanol–water partition coefficient (Wildman–Crippen LogP) is 0.987. The van der Waals surface area contributed by atoms with Gasteiger partial charge in [0.25, 0.3) is 0 Å². The topological polar surface area (TPSA) is 64.7 Å². The molecule has 0 spiro atoms. The van der Waals surface area contributed by atoms with Gasteiger partial charge in [-0.2, -0.15) is 0 Å². The van der Waals surface area contributed by atoms with Crippen LogP contribution >= 0.6 is 28.3 Å². The van der Waals surface area contributed by atoms with Crippen molar-refractivity contribution in [3.8, 4) is 5.75 Å². The molecule has 1 aromatic rings. The van der Waals surface area contributed by atoms with E-state index < -0.39 is 7.12 Å². The minimum atomic E-state index is -0.916. The van der Waals surface area contributed by atoms with Gasteiger partial charge in [-0.1, -0.05) is 15.9 Å². The van der Waals surface area contributed by atoms with E-state index in [0.29, 0.717) is 18.9 Å². The van der Waals surface area contributed by atoms with Crippen LogP contribution < -0.4 is 15.9 Å². The van der Waals surface area contributed by atoms with Gasteiger partial charge >= 0.3 is 7.12 Å². The quantitative estimate of drug-likeness (QED) is 0.815. The molecule has 1 aliphatic rings. The summed E-state index contributed by atoms with van der Waals surface area (Å²) >= 11 is 3.45. The highest BCUT2D eigenvalue weighted by Gasteiger charge is 2.36. The van der Waals surface area contributed by atoms with Crippen LogP contribution in [0.4, 0.5) is 0 Å². The van der Waals surface area contributed by atoms with Crippen molar-refractivity contribution in [2.75, 3.05) is 13.2 Å². The van der Waals surface area contributed by atoms with E-state index in [9.17, 15) is 5.02 Å². The van der Waals surface area contributed by atoms with E-state index in [1.165, 1.54) is 0 Å². The number of hydrogen-bond donors (Lipinski definition) is 2. The predicted molar refractivity (Wildman–Crippen MR) is 73.0 cm³/mol. The molecule has 1 heterocycles. The molecule has 4 nitrogen and oxygen atoms in total. The van der Waals surface area contributed by atoms with E-state index in [4.69, 9.17) is 15.1 Å². The smallest absolute Gasteiger partial charge is 0.492 e. The fraction of sp³-hybridized carbons (Fsp3) is 0.400. The first-order valence-corrected chi connectivity index (χ1v) is 5.96. The monoisotopic (exact) mass is 321 g/mol. The summed E-state index contributed by atoms with van der Waals surface area (Å²) in [6.45, 7) is 2.84. The molecule has 0 fully saturated rings. The second kappa shape index (κ2) is 6.06. The second-order valence-electron chi connectivity index (χ2n) is 3.55. The van der Waals surface area contributed by atoms with E-state index >= 15 is 0 Å². The number of fused-ring (bicyclic) bond motifs is 1. The lowest BCUT2D eigenvalue weighted by atomic mass is 9.79. The van der Waals surface area contributed by atoms with Crippen molar-refractivity contribution in [2.45, 2.75) is 13.0 Å². The van der Waals surface area contributed by atoms with Crippen LogP contribution in [0.2, 0.25) is 0 Å². The first kappa shape index (κ1) is 14.8. The molecule has 0 aliphatic carbocycles. The lowest BCUT2D eigenvalue weighted by Gasteiger charge is -2.11. The van der Waals surface area contributed by atoms with Crippen LogP contribution in [-0.4, -0.2) is 25.3 Å². The highest BCUT2D eigenvalue weighted by atomic mass is 79.9. The molecule has 17 heavy (non-hydrogen) atoms. The van der Waals surface area contributed by atoms with E-state index in [1.807, 2.05) is 13.0 Å². The van der Waals surface area contributed by atoms with E-state index in [2.05, 4.69) is 15.9 Å². The first-order chi connectivity index (χ1) is 7.67. The Morgan fingerprint density at radius 2 is 2.29 bits per heavy atom. The highest BCUT2D eigenvalue weighted by Crippen LogP contribution is 2.32. The van der Waals surface area contributed by atoms with Gasteiger partial charge in [0.05, 0.1) is 12.7 Å². The maximum absolute atomic E-state index is 9.75. The normalized spacial score (nSPS) is 17.6. The van der Waals surface area contributed by atoms with Crippen LogP contribution in [0.15, 0.2) is 16.6 Å². The summed E-state index contributed by atoms with van der Waals surface area (Å²) in [5, 5.41) is 9.75. The molecular weight excluding hydrogens is 308 g/mol. The molecule has 0 saturated carbocycles. The molecule has 1 aromatic carbocycles. The third kappa shape index (κ3) is 2.77. The lowest BCUT2D eigenvalue weighted by molar-refractivity contribution is 0.197. The molecule has 0 radical (unpaired) electrons. The maximum atomic E-state index is 9.75. The average molecular weight is 322 g/mol.